The zero-order valence-electron chi connectivity index (χ0n) is 38.1. The molecule has 0 fully saturated rings. The number of nitrogens with zero attached hydrogens (tertiary/aromatic N) is 2. The standard InChI is InChI=1S/C54H48N6O7S3/c1-35(2)60(54(64)52(38-14-7-4-8-15-38)58-70(65,66)46-21-23-48-41(30-46)19-25-50(62)56-48)31-36-11-9-16-39(27-36)42-28-43(67-34-42)32-59(33-45-17-10-26-68-45)53(63)51(37-12-5-3-6-13-37)57-69-44-20-22-47-40(29-44)18-24-49(61)55-47/h3-30,34-35,51-52,57-58H,31-33H2,1-2H3,(H,55,61)(H,56,62)/t51?,52-/m0/s1. The molecule has 2 atom stereocenters. The minimum absolute atomic E-state index is 0.0483. The Balaban J connectivity index is 0.943. The van der Waals surface area contributed by atoms with Crippen LogP contribution in [0.4, 0.5) is 0 Å². The molecular formula is C54H48N6O7S3. The van der Waals surface area contributed by atoms with Gasteiger partial charge in [0.15, 0.2) is 0 Å². The molecular weight excluding hydrogens is 941 g/mol. The number of nitrogens with one attached hydrogen (secondary N) is 4. The number of sulfonamides is 1. The van der Waals surface area contributed by atoms with E-state index < -0.39 is 28.0 Å². The number of hydrogen-bond donors (Lipinski definition) is 4. The molecule has 0 saturated carbocycles. The average molecular weight is 989 g/mol. The van der Waals surface area contributed by atoms with E-state index in [1.807, 2.05) is 110 Å². The van der Waals surface area contributed by atoms with Crippen LogP contribution in [0.25, 0.3) is 32.9 Å². The van der Waals surface area contributed by atoms with Crippen LogP contribution in [-0.4, -0.2) is 46.0 Å². The third-order valence-corrected chi connectivity index (χ3v) is 14.9. The number of carbonyl (C=O) groups excluding carboxylic acids is 2. The maximum atomic E-state index is 14.8. The monoisotopic (exact) mass is 988 g/mol. The Labute approximate surface area is 412 Å². The van der Waals surface area contributed by atoms with E-state index in [2.05, 4.69) is 19.4 Å². The Morgan fingerprint density at radius 3 is 2.00 bits per heavy atom. The maximum Gasteiger partial charge on any atom is 0.248 e. The molecule has 0 radical (unpaired) electrons. The first-order valence-electron chi connectivity index (χ1n) is 22.5. The Bertz CT molecular complexity index is 3520. The third-order valence-electron chi connectivity index (χ3n) is 11.8. The fraction of sp³-hybridized carbons (Fsp3) is 0.148. The van der Waals surface area contributed by atoms with Crippen molar-refractivity contribution in [1.82, 2.24) is 29.2 Å². The fourth-order valence-corrected chi connectivity index (χ4v) is 10.9. The number of amides is 2. The van der Waals surface area contributed by atoms with Gasteiger partial charge >= 0.3 is 0 Å². The number of carbonyl (C=O) groups is 2. The van der Waals surface area contributed by atoms with Crippen molar-refractivity contribution in [2.24, 2.45) is 0 Å². The Kier molecular flexibility index (Phi) is 14.4. The van der Waals surface area contributed by atoms with Crippen LogP contribution >= 0.6 is 23.3 Å². The van der Waals surface area contributed by atoms with Crippen molar-refractivity contribution in [2.75, 3.05) is 0 Å². The average Bonchev–Trinajstić information content (AvgIpc) is 4.08. The number of aromatic amines is 2. The molecule has 5 aromatic carbocycles. The van der Waals surface area contributed by atoms with E-state index in [4.69, 9.17) is 4.42 Å². The number of fused-ring (bicyclic) bond motifs is 2. The fourth-order valence-electron chi connectivity index (χ4n) is 8.17. The van der Waals surface area contributed by atoms with Gasteiger partial charge in [0.05, 0.1) is 24.2 Å². The van der Waals surface area contributed by atoms with Crippen molar-refractivity contribution < 1.29 is 22.4 Å². The zero-order valence-corrected chi connectivity index (χ0v) is 40.5. The van der Waals surface area contributed by atoms with Gasteiger partial charge in [0.25, 0.3) is 0 Å². The molecule has 4 heterocycles. The van der Waals surface area contributed by atoms with Crippen LogP contribution in [0.2, 0.25) is 0 Å². The second-order valence-corrected chi connectivity index (χ2v) is 20.7. The summed E-state index contributed by atoms with van der Waals surface area (Å²) in [4.78, 5) is 64.1. The zero-order chi connectivity index (χ0) is 48.8. The molecule has 0 aliphatic carbocycles. The van der Waals surface area contributed by atoms with Crippen molar-refractivity contribution in [3.05, 3.63) is 223 Å². The molecule has 1 unspecified atom stereocenters. The number of benzene rings is 5. The molecule has 0 aliphatic rings. The van der Waals surface area contributed by atoms with E-state index in [-0.39, 0.29) is 41.1 Å². The molecule has 0 bridgehead atoms. The van der Waals surface area contributed by atoms with Crippen molar-refractivity contribution in [2.45, 2.75) is 61.4 Å². The van der Waals surface area contributed by atoms with Gasteiger partial charge in [-0.15, -0.1) is 11.3 Å². The lowest BCUT2D eigenvalue weighted by Crippen LogP contribution is -2.45. The molecule has 0 saturated heterocycles. The van der Waals surface area contributed by atoms with Gasteiger partial charge in [-0.2, -0.15) is 4.72 Å². The summed E-state index contributed by atoms with van der Waals surface area (Å²) < 4.78 is 40.3. The summed E-state index contributed by atoms with van der Waals surface area (Å²) in [5.74, 6) is -0.00979. The van der Waals surface area contributed by atoms with Gasteiger partial charge in [-0.25, -0.2) is 13.1 Å². The molecule has 0 aliphatic heterocycles. The van der Waals surface area contributed by atoms with E-state index in [9.17, 15) is 27.6 Å². The number of pyridine rings is 2. The predicted molar refractivity (Wildman–Crippen MR) is 275 cm³/mol. The van der Waals surface area contributed by atoms with Crippen LogP contribution in [-0.2, 0) is 39.2 Å². The summed E-state index contributed by atoms with van der Waals surface area (Å²) in [6, 6.07) is 45.9. The number of H-pyrrole nitrogens is 2. The van der Waals surface area contributed by atoms with Gasteiger partial charge in [0, 0.05) is 51.1 Å². The van der Waals surface area contributed by atoms with Crippen LogP contribution in [0.3, 0.4) is 0 Å². The maximum absolute atomic E-state index is 14.8. The second kappa shape index (κ2) is 21.1. The number of furan rings is 1. The van der Waals surface area contributed by atoms with E-state index in [1.54, 1.807) is 69.9 Å². The van der Waals surface area contributed by atoms with Crippen LogP contribution < -0.4 is 20.6 Å². The molecule has 9 rings (SSSR count). The summed E-state index contributed by atoms with van der Waals surface area (Å²) in [6.07, 6.45) is 1.66. The van der Waals surface area contributed by atoms with Crippen LogP contribution in [0.1, 0.15) is 53.3 Å². The smallest absolute Gasteiger partial charge is 0.248 e. The number of rotatable bonds is 18. The normalized spacial score (nSPS) is 12.6. The number of thiophene rings is 1. The first-order valence-corrected chi connectivity index (χ1v) is 25.6. The Morgan fingerprint density at radius 2 is 1.33 bits per heavy atom. The van der Waals surface area contributed by atoms with Gasteiger partial charge in [0.2, 0.25) is 33.0 Å². The third kappa shape index (κ3) is 11.2. The molecule has 13 nitrogen and oxygen atoms in total. The van der Waals surface area contributed by atoms with E-state index in [1.165, 1.54) is 42.3 Å². The molecule has 2 amide bonds. The first-order chi connectivity index (χ1) is 33.9. The summed E-state index contributed by atoms with van der Waals surface area (Å²) in [6.45, 7) is 4.48. The van der Waals surface area contributed by atoms with Crippen LogP contribution in [0.15, 0.2) is 199 Å². The lowest BCUT2D eigenvalue weighted by atomic mass is 10.0. The minimum atomic E-state index is -4.23. The van der Waals surface area contributed by atoms with Crippen molar-refractivity contribution in [1.29, 1.82) is 0 Å². The van der Waals surface area contributed by atoms with Crippen LogP contribution in [0.5, 0.6) is 0 Å². The molecule has 354 valence electrons. The lowest BCUT2D eigenvalue weighted by Gasteiger charge is -2.31. The second-order valence-electron chi connectivity index (χ2n) is 17.0. The van der Waals surface area contributed by atoms with Crippen LogP contribution in [0, 0.1) is 0 Å². The van der Waals surface area contributed by atoms with Gasteiger partial charge in [0.1, 0.15) is 17.8 Å². The minimum Gasteiger partial charge on any atom is -0.467 e. The van der Waals surface area contributed by atoms with E-state index in [0.717, 1.165) is 42.9 Å². The van der Waals surface area contributed by atoms with Gasteiger partial charge in [-0.1, -0.05) is 84.9 Å². The van der Waals surface area contributed by atoms with E-state index >= 15 is 0 Å². The topological polar surface area (TPSA) is 178 Å². The van der Waals surface area contributed by atoms with Gasteiger partial charge in [-0.05, 0) is 131 Å². The molecule has 4 N–H and O–H groups in total. The summed E-state index contributed by atoms with van der Waals surface area (Å²) in [7, 11) is -4.23. The van der Waals surface area contributed by atoms with Crippen molar-refractivity contribution >= 4 is 66.9 Å². The summed E-state index contributed by atoms with van der Waals surface area (Å²) >= 11 is 2.91. The molecule has 4 aromatic heterocycles. The van der Waals surface area contributed by atoms with E-state index in [0.29, 0.717) is 28.8 Å². The highest BCUT2D eigenvalue weighted by Crippen LogP contribution is 2.30. The molecule has 9 aromatic rings. The highest BCUT2D eigenvalue weighted by Gasteiger charge is 2.33. The predicted octanol–water partition coefficient (Wildman–Crippen LogP) is 9.71. The molecule has 0 spiro atoms. The number of hydrogen-bond acceptors (Lipinski definition) is 10. The highest BCUT2D eigenvalue weighted by atomic mass is 32.2. The Morgan fingerprint density at radius 1 is 0.657 bits per heavy atom. The first kappa shape index (κ1) is 47.7. The Hall–Kier alpha value is -7.34. The largest absolute Gasteiger partial charge is 0.467 e. The van der Waals surface area contributed by atoms with Crippen molar-refractivity contribution in [3.63, 3.8) is 0 Å². The highest BCUT2D eigenvalue weighted by molar-refractivity contribution is 7.97. The molecule has 16 heteroatoms. The molecule has 70 heavy (non-hydrogen) atoms. The van der Waals surface area contributed by atoms with Crippen molar-refractivity contribution in [3.8, 4) is 11.1 Å². The summed E-state index contributed by atoms with van der Waals surface area (Å²) in [5.41, 5.74) is 4.43. The van der Waals surface area contributed by atoms with Gasteiger partial charge in [-0.3, -0.25) is 19.2 Å². The lowest BCUT2D eigenvalue weighted by molar-refractivity contribution is -0.136. The SMILES string of the molecule is CC(C)N(Cc1cccc(-c2coc(CN(Cc3cccs3)C(=O)C(NSc3ccc4[nH]c(=O)ccc4c3)c3ccccc3)c2)c1)C(=O)[C@@H](NS(=O)(=O)c1ccc2[nH]c(=O)ccc2c1)c1ccccc1. The van der Waals surface area contributed by atoms with Gasteiger partial charge < -0.3 is 24.2 Å². The number of aromatic nitrogens is 2. The quantitative estimate of drug-likeness (QED) is 0.0610. The summed E-state index contributed by atoms with van der Waals surface area (Å²) in [5, 5.41) is 3.38.